The number of hydrogen-bond acceptors (Lipinski definition) is 4. The monoisotopic (exact) mass is 377 g/mol. The van der Waals surface area contributed by atoms with Crippen LogP contribution in [-0.2, 0) is 11.3 Å². The van der Waals surface area contributed by atoms with Crippen LogP contribution in [0, 0.1) is 0 Å². The highest BCUT2D eigenvalue weighted by molar-refractivity contribution is 6.32. The van der Waals surface area contributed by atoms with Gasteiger partial charge in [0.15, 0.2) is 17.6 Å². The van der Waals surface area contributed by atoms with Gasteiger partial charge in [0, 0.05) is 6.54 Å². The highest BCUT2D eigenvalue weighted by Crippen LogP contribution is 2.28. The maximum atomic E-state index is 12.3. The second-order valence-electron chi connectivity index (χ2n) is 5.56. The van der Waals surface area contributed by atoms with Crippen molar-refractivity contribution >= 4 is 17.5 Å². The van der Waals surface area contributed by atoms with Crippen LogP contribution in [0.4, 0.5) is 0 Å². The van der Waals surface area contributed by atoms with Crippen LogP contribution < -0.4 is 19.5 Å². The number of hydrogen-bond donors (Lipinski definition) is 1. The van der Waals surface area contributed by atoms with E-state index in [1.807, 2.05) is 38.1 Å². The summed E-state index contributed by atoms with van der Waals surface area (Å²) in [5.41, 5.74) is 0.912. The predicted octanol–water partition coefficient (Wildman–Crippen LogP) is 4.22. The molecule has 1 N–H and O–H groups in total. The summed E-state index contributed by atoms with van der Waals surface area (Å²) in [6.07, 6.45) is -0.663. The van der Waals surface area contributed by atoms with Crippen molar-refractivity contribution < 1.29 is 19.0 Å². The number of rotatable bonds is 9. The molecule has 0 aliphatic carbocycles. The highest BCUT2D eigenvalue weighted by atomic mass is 35.5. The first-order valence-electron chi connectivity index (χ1n) is 8.62. The van der Waals surface area contributed by atoms with Crippen LogP contribution in [0.3, 0.4) is 0 Å². The molecule has 1 unspecified atom stereocenters. The molecule has 0 spiro atoms. The number of ether oxygens (including phenoxy) is 3. The van der Waals surface area contributed by atoms with Crippen LogP contribution in [0.5, 0.6) is 17.2 Å². The fourth-order valence-corrected chi connectivity index (χ4v) is 2.50. The SMILES string of the molecule is CCOc1ccc(CNC(=O)C(C)Oc2ccccc2Cl)cc1OCC. The lowest BCUT2D eigenvalue weighted by molar-refractivity contribution is -0.127. The average molecular weight is 378 g/mol. The van der Waals surface area contributed by atoms with Crippen LogP contribution in [-0.4, -0.2) is 25.2 Å². The zero-order valence-corrected chi connectivity index (χ0v) is 16.0. The van der Waals surface area contributed by atoms with Crippen molar-refractivity contribution in [3.05, 3.63) is 53.1 Å². The second kappa shape index (κ2) is 9.92. The van der Waals surface area contributed by atoms with Crippen LogP contribution in [0.2, 0.25) is 5.02 Å². The van der Waals surface area contributed by atoms with Gasteiger partial charge in [-0.15, -0.1) is 0 Å². The number of nitrogens with one attached hydrogen (secondary N) is 1. The van der Waals surface area contributed by atoms with E-state index in [-0.39, 0.29) is 5.91 Å². The van der Waals surface area contributed by atoms with Gasteiger partial charge in [-0.25, -0.2) is 0 Å². The van der Waals surface area contributed by atoms with E-state index in [1.165, 1.54) is 0 Å². The summed E-state index contributed by atoms with van der Waals surface area (Å²) >= 11 is 6.05. The normalized spacial score (nSPS) is 11.5. The molecule has 0 aromatic heterocycles. The van der Waals surface area contributed by atoms with Crippen LogP contribution in [0.1, 0.15) is 26.3 Å². The molecular formula is C20H24ClNO4. The summed E-state index contributed by atoms with van der Waals surface area (Å²) in [6, 6.07) is 12.7. The molecule has 0 bridgehead atoms. The van der Waals surface area contributed by atoms with Crippen molar-refractivity contribution in [2.75, 3.05) is 13.2 Å². The zero-order chi connectivity index (χ0) is 18.9. The molecule has 2 rings (SSSR count). The van der Waals surface area contributed by atoms with Crippen molar-refractivity contribution in [2.45, 2.75) is 33.4 Å². The summed E-state index contributed by atoms with van der Waals surface area (Å²) in [5, 5.41) is 3.33. The molecule has 2 aromatic carbocycles. The minimum absolute atomic E-state index is 0.225. The minimum atomic E-state index is -0.663. The van der Waals surface area contributed by atoms with Crippen LogP contribution >= 0.6 is 11.6 Å². The number of para-hydroxylation sites is 1. The maximum Gasteiger partial charge on any atom is 0.261 e. The van der Waals surface area contributed by atoms with E-state index in [0.717, 1.165) is 5.56 Å². The molecule has 2 aromatic rings. The number of halogens is 1. The van der Waals surface area contributed by atoms with E-state index in [1.54, 1.807) is 25.1 Å². The molecular weight excluding hydrogens is 354 g/mol. The van der Waals surface area contributed by atoms with Gasteiger partial charge in [-0.1, -0.05) is 29.8 Å². The molecule has 0 heterocycles. The Hall–Kier alpha value is -2.40. The smallest absolute Gasteiger partial charge is 0.261 e. The molecule has 26 heavy (non-hydrogen) atoms. The topological polar surface area (TPSA) is 56.8 Å². The van der Waals surface area contributed by atoms with E-state index in [4.69, 9.17) is 25.8 Å². The second-order valence-corrected chi connectivity index (χ2v) is 5.96. The average Bonchev–Trinajstić information content (AvgIpc) is 2.63. The standard InChI is InChI=1S/C20H24ClNO4/c1-4-24-18-11-10-15(12-19(18)25-5-2)13-22-20(23)14(3)26-17-9-7-6-8-16(17)21/h6-12,14H,4-5,13H2,1-3H3,(H,22,23). The molecule has 6 heteroatoms. The molecule has 0 radical (unpaired) electrons. The van der Waals surface area contributed by atoms with Gasteiger partial charge in [-0.2, -0.15) is 0 Å². The highest BCUT2D eigenvalue weighted by Gasteiger charge is 2.16. The fourth-order valence-electron chi connectivity index (χ4n) is 2.32. The molecule has 0 aliphatic heterocycles. The van der Waals surface area contributed by atoms with Crippen molar-refractivity contribution in [2.24, 2.45) is 0 Å². The Labute approximate surface area is 159 Å². The van der Waals surface area contributed by atoms with Crippen LogP contribution in [0.25, 0.3) is 0 Å². The van der Waals surface area contributed by atoms with Crippen molar-refractivity contribution in [3.63, 3.8) is 0 Å². The largest absolute Gasteiger partial charge is 0.490 e. The summed E-state index contributed by atoms with van der Waals surface area (Å²) in [6.45, 7) is 6.98. The first-order chi connectivity index (χ1) is 12.5. The first kappa shape index (κ1) is 19.9. The molecule has 1 atom stereocenters. The van der Waals surface area contributed by atoms with Gasteiger partial charge in [0.05, 0.1) is 18.2 Å². The molecule has 1 amide bonds. The Morgan fingerprint density at radius 1 is 1.04 bits per heavy atom. The number of amides is 1. The van der Waals surface area contributed by atoms with Crippen molar-refractivity contribution in [3.8, 4) is 17.2 Å². The zero-order valence-electron chi connectivity index (χ0n) is 15.3. The van der Waals surface area contributed by atoms with Gasteiger partial charge in [0.25, 0.3) is 5.91 Å². The van der Waals surface area contributed by atoms with Crippen molar-refractivity contribution in [1.29, 1.82) is 0 Å². The third-order valence-electron chi connectivity index (χ3n) is 3.58. The van der Waals surface area contributed by atoms with E-state index in [0.29, 0.717) is 42.0 Å². The molecule has 0 saturated carbocycles. The van der Waals surface area contributed by atoms with Gasteiger partial charge in [-0.3, -0.25) is 4.79 Å². The Balaban J connectivity index is 1.95. The molecule has 140 valence electrons. The summed E-state index contributed by atoms with van der Waals surface area (Å²) in [7, 11) is 0. The minimum Gasteiger partial charge on any atom is -0.490 e. The quantitative estimate of drug-likeness (QED) is 0.710. The van der Waals surface area contributed by atoms with E-state index in [9.17, 15) is 4.79 Å². The Kier molecular flexibility index (Phi) is 7.60. The third kappa shape index (κ3) is 5.56. The Morgan fingerprint density at radius 3 is 2.42 bits per heavy atom. The number of benzene rings is 2. The Bertz CT molecular complexity index is 736. The van der Waals surface area contributed by atoms with Gasteiger partial charge in [0.1, 0.15) is 5.75 Å². The van der Waals surface area contributed by atoms with E-state index in [2.05, 4.69) is 5.32 Å². The lowest BCUT2D eigenvalue weighted by atomic mass is 10.2. The first-order valence-corrected chi connectivity index (χ1v) is 9.00. The summed E-state index contributed by atoms with van der Waals surface area (Å²) < 4.78 is 16.8. The third-order valence-corrected chi connectivity index (χ3v) is 3.90. The molecule has 0 saturated heterocycles. The van der Waals surface area contributed by atoms with Crippen LogP contribution in [0.15, 0.2) is 42.5 Å². The van der Waals surface area contributed by atoms with Gasteiger partial charge < -0.3 is 19.5 Å². The van der Waals surface area contributed by atoms with Gasteiger partial charge in [0.2, 0.25) is 0 Å². The van der Waals surface area contributed by atoms with Gasteiger partial charge in [-0.05, 0) is 50.6 Å². The number of carbonyl (C=O) groups is 1. The molecule has 0 aliphatic rings. The maximum absolute atomic E-state index is 12.3. The fraction of sp³-hybridized carbons (Fsp3) is 0.350. The van der Waals surface area contributed by atoms with Crippen molar-refractivity contribution in [1.82, 2.24) is 5.32 Å². The van der Waals surface area contributed by atoms with Gasteiger partial charge >= 0.3 is 0 Å². The molecule has 5 nitrogen and oxygen atoms in total. The summed E-state index contributed by atoms with van der Waals surface area (Å²) in [5.74, 6) is 1.62. The predicted molar refractivity (Wildman–Crippen MR) is 102 cm³/mol. The summed E-state index contributed by atoms with van der Waals surface area (Å²) in [4.78, 5) is 12.3. The Morgan fingerprint density at radius 2 is 1.73 bits per heavy atom. The molecule has 0 fully saturated rings. The lowest BCUT2D eigenvalue weighted by Gasteiger charge is -2.16. The lowest BCUT2D eigenvalue weighted by Crippen LogP contribution is -2.35. The van der Waals surface area contributed by atoms with E-state index < -0.39 is 6.10 Å². The number of carbonyl (C=O) groups excluding carboxylic acids is 1. The van der Waals surface area contributed by atoms with E-state index >= 15 is 0 Å².